The van der Waals surface area contributed by atoms with E-state index >= 15 is 0 Å². The van der Waals surface area contributed by atoms with E-state index < -0.39 is 10.1 Å². The van der Waals surface area contributed by atoms with Crippen molar-refractivity contribution in [2.45, 2.75) is 27.2 Å². The normalized spacial score (nSPS) is 13.1. The van der Waals surface area contributed by atoms with Gasteiger partial charge in [-0.25, -0.2) is 0 Å². The Bertz CT molecular complexity index is 559. The maximum absolute atomic E-state index is 10.8. The van der Waals surface area contributed by atoms with Crippen LogP contribution in [0.2, 0.25) is 0 Å². The van der Waals surface area contributed by atoms with E-state index in [2.05, 4.69) is 21.6 Å². The third-order valence-electron chi connectivity index (χ3n) is 2.57. The molecule has 0 amide bonds. The van der Waals surface area contributed by atoms with Gasteiger partial charge in [-0.1, -0.05) is 0 Å². The van der Waals surface area contributed by atoms with E-state index in [4.69, 9.17) is 4.55 Å². The van der Waals surface area contributed by atoms with Crippen molar-refractivity contribution < 1.29 is 28.0 Å². The zero-order valence-electron chi connectivity index (χ0n) is 12.7. The van der Waals surface area contributed by atoms with Gasteiger partial charge in [-0.15, -0.1) is 0 Å². The molecule has 0 aromatic carbocycles. The molecule has 0 aliphatic heterocycles. The van der Waals surface area contributed by atoms with Gasteiger partial charge in [-0.2, -0.15) is 0 Å². The Morgan fingerprint density at radius 1 is 1.33 bits per heavy atom. The Morgan fingerprint density at radius 2 is 1.95 bits per heavy atom. The van der Waals surface area contributed by atoms with Gasteiger partial charge < -0.3 is 0 Å². The number of hydrogen-bond donors (Lipinski definition) is 1. The van der Waals surface area contributed by atoms with E-state index in [0.717, 1.165) is 15.9 Å². The molecule has 0 unspecified atom stereocenters. The van der Waals surface area contributed by atoms with Crippen LogP contribution >= 0.6 is 0 Å². The molecule has 0 aliphatic rings. The molecule has 4 nitrogen and oxygen atoms in total. The molecule has 0 aromatic rings. The van der Waals surface area contributed by atoms with Gasteiger partial charge in [-0.3, -0.25) is 0 Å². The molecule has 0 atom stereocenters. The van der Waals surface area contributed by atoms with Crippen molar-refractivity contribution in [3.05, 3.63) is 48.4 Å². The number of nitrogens with zero attached hydrogens (tertiary/aromatic N) is 1. The van der Waals surface area contributed by atoms with Gasteiger partial charge in [0.2, 0.25) is 0 Å². The Labute approximate surface area is 135 Å². The third-order valence-corrected chi connectivity index (χ3v) is 3.54. The zero-order valence-corrected chi connectivity index (χ0v) is 14.5. The first kappa shape index (κ1) is 20.0. The molecule has 6 heteroatoms. The first-order valence-corrected chi connectivity index (χ1v) is 8.63. The average Bonchev–Trinajstić information content (AvgIpc) is 2.32. The van der Waals surface area contributed by atoms with E-state index in [1.807, 2.05) is 56.1 Å². The van der Waals surface area contributed by atoms with E-state index in [0.29, 0.717) is 13.0 Å². The van der Waals surface area contributed by atoms with Crippen molar-refractivity contribution >= 4 is 14.6 Å². The summed E-state index contributed by atoms with van der Waals surface area (Å²) in [6.45, 7) is 10.1. The van der Waals surface area contributed by atoms with E-state index in [1.165, 1.54) is 0 Å². The third kappa shape index (κ3) is 10.4. The molecule has 0 spiro atoms. The summed E-state index contributed by atoms with van der Waals surface area (Å²) >= 11 is 4.67. The standard InChI is InChI=1S/C15H23NO3S.Ni/c1-5-7-8-11-15(4)16(14(3)10-6-2)12-9-13-20(17,18)19;/h6-8,10-11H,3,9,12-13H2,1-2,4H3,(H,17,18,19);/b8-7+,10-6-,15-11+;. The van der Waals surface area contributed by atoms with Gasteiger partial charge in [0.25, 0.3) is 0 Å². The molecule has 0 aromatic heterocycles. The van der Waals surface area contributed by atoms with Crippen LogP contribution in [0.25, 0.3) is 0 Å². The SMILES string of the molecule is C=C(/C=C\C)N(CCCS(=O)(=O)O)/C(C)=C/C=C/[C](C)=[Ni]. The summed E-state index contributed by atoms with van der Waals surface area (Å²) in [7, 11) is -3.94. The zero-order chi connectivity index (χ0) is 16.5. The molecule has 0 bridgehead atoms. The fraction of sp³-hybridized carbons (Fsp3) is 0.400. The van der Waals surface area contributed by atoms with Crippen molar-refractivity contribution in [1.82, 2.24) is 4.90 Å². The number of hydrogen-bond acceptors (Lipinski definition) is 3. The Kier molecular flexibility index (Phi) is 9.42. The van der Waals surface area contributed by atoms with Crippen LogP contribution in [0, 0.1) is 0 Å². The predicted molar refractivity (Wildman–Crippen MR) is 85.3 cm³/mol. The van der Waals surface area contributed by atoms with Crippen LogP contribution in [0.4, 0.5) is 0 Å². The first-order chi connectivity index (χ1) is 9.67. The summed E-state index contributed by atoms with van der Waals surface area (Å²) in [6, 6.07) is 0. The van der Waals surface area contributed by atoms with Crippen LogP contribution in [0.3, 0.4) is 0 Å². The second kappa shape index (κ2) is 9.88. The Balaban J connectivity index is 4.96. The van der Waals surface area contributed by atoms with Crippen LogP contribution in [-0.4, -0.2) is 34.7 Å². The van der Waals surface area contributed by atoms with Crippen molar-refractivity contribution in [1.29, 1.82) is 0 Å². The summed E-state index contributed by atoms with van der Waals surface area (Å²) < 4.78 is 31.2. The predicted octanol–water partition coefficient (Wildman–Crippen LogP) is 2.86. The van der Waals surface area contributed by atoms with Gasteiger partial charge in [0.05, 0.1) is 0 Å². The topological polar surface area (TPSA) is 57.6 Å². The maximum atomic E-state index is 10.8. The molecule has 1 N–H and O–H groups in total. The summed E-state index contributed by atoms with van der Waals surface area (Å²) in [5.41, 5.74) is 1.68. The molecule has 0 saturated carbocycles. The summed E-state index contributed by atoms with van der Waals surface area (Å²) in [4.78, 5) is 1.90. The molecule has 0 rings (SSSR count). The molecular weight excluding hydrogens is 333 g/mol. The fourth-order valence-corrected chi connectivity index (χ4v) is 2.23. The fourth-order valence-electron chi connectivity index (χ4n) is 1.64. The number of allylic oxidation sites excluding steroid dienone is 6. The Morgan fingerprint density at radius 3 is 2.43 bits per heavy atom. The molecule has 0 radical (unpaired) electrons. The average molecular weight is 356 g/mol. The van der Waals surface area contributed by atoms with E-state index in [9.17, 15) is 8.42 Å². The first-order valence-electron chi connectivity index (χ1n) is 6.52. The number of rotatable bonds is 9. The van der Waals surface area contributed by atoms with Gasteiger partial charge in [0.15, 0.2) is 0 Å². The van der Waals surface area contributed by atoms with Crippen molar-refractivity contribution in [2.75, 3.05) is 12.3 Å². The van der Waals surface area contributed by atoms with Crippen LogP contribution in [-0.2, 0) is 25.1 Å². The van der Waals surface area contributed by atoms with Crippen molar-refractivity contribution in [3.63, 3.8) is 0 Å². The quantitative estimate of drug-likeness (QED) is 0.392. The van der Waals surface area contributed by atoms with Crippen LogP contribution in [0.1, 0.15) is 27.2 Å². The van der Waals surface area contributed by atoms with Gasteiger partial charge in [0.1, 0.15) is 0 Å². The molecule has 0 heterocycles. The van der Waals surface area contributed by atoms with Gasteiger partial charge in [-0.05, 0) is 0 Å². The van der Waals surface area contributed by atoms with E-state index in [1.54, 1.807) is 0 Å². The second-order valence-corrected chi connectivity index (χ2v) is 6.84. The van der Waals surface area contributed by atoms with Gasteiger partial charge in [0, 0.05) is 0 Å². The van der Waals surface area contributed by atoms with Gasteiger partial charge >= 0.3 is 135 Å². The van der Waals surface area contributed by atoms with Crippen LogP contribution < -0.4 is 0 Å². The Hall–Kier alpha value is -0.966. The molecule has 0 aliphatic carbocycles. The monoisotopic (exact) mass is 355 g/mol. The van der Waals surface area contributed by atoms with Crippen molar-refractivity contribution in [2.24, 2.45) is 0 Å². The molecular formula is C15H23NNiO3S. The minimum absolute atomic E-state index is 0.267. The molecule has 21 heavy (non-hydrogen) atoms. The van der Waals surface area contributed by atoms with Crippen LogP contribution in [0.5, 0.6) is 0 Å². The summed E-state index contributed by atoms with van der Waals surface area (Å²) in [5.74, 6) is -0.267. The summed E-state index contributed by atoms with van der Waals surface area (Å²) in [5, 5.41) is 0. The summed E-state index contributed by atoms with van der Waals surface area (Å²) in [6.07, 6.45) is 9.61. The molecule has 122 valence electrons. The van der Waals surface area contributed by atoms with Crippen LogP contribution in [0.15, 0.2) is 48.4 Å². The molecule has 0 saturated heterocycles. The molecule has 0 fully saturated rings. The van der Waals surface area contributed by atoms with E-state index in [-0.39, 0.29) is 5.75 Å². The second-order valence-electron chi connectivity index (χ2n) is 4.49. The van der Waals surface area contributed by atoms with Crippen molar-refractivity contribution in [3.8, 4) is 0 Å². The minimum atomic E-state index is -3.94.